The standard InChI is InChI=1S/C13H15Cl2NO3/c14-11-2-1-10(7-12(11)15)19-8-13(18)16-5-3-9(17)4-6-16/h1-2,7,9,17H,3-6,8H2. The van der Waals surface area contributed by atoms with E-state index in [0.717, 1.165) is 0 Å². The lowest BCUT2D eigenvalue weighted by Gasteiger charge is -2.29. The van der Waals surface area contributed by atoms with E-state index in [-0.39, 0.29) is 18.6 Å². The van der Waals surface area contributed by atoms with E-state index in [1.165, 1.54) is 0 Å². The number of hydrogen-bond donors (Lipinski definition) is 1. The Morgan fingerprint density at radius 2 is 2.00 bits per heavy atom. The highest BCUT2D eigenvalue weighted by Gasteiger charge is 2.21. The summed E-state index contributed by atoms with van der Waals surface area (Å²) in [5, 5.41) is 10.2. The number of carbonyl (C=O) groups is 1. The second-order valence-corrected chi connectivity index (χ2v) is 5.29. The van der Waals surface area contributed by atoms with E-state index in [0.29, 0.717) is 41.7 Å². The molecule has 1 aromatic carbocycles. The van der Waals surface area contributed by atoms with Crippen LogP contribution in [0.5, 0.6) is 5.75 Å². The van der Waals surface area contributed by atoms with Gasteiger partial charge < -0.3 is 14.7 Å². The molecule has 0 saturated carbocycles. The van der Waals surface area contributed by atoms with Gasteiger partial charge in [0, 0.05) is 19.2 Å². The monoisotopic (exact) mass is 303 g/mol. The average molecular weight is 304 g/mol. The van der Waals surface area contributed by atoms with Gasteiger partial charge in [0.1, 0.15) is 5.75 Å². The number of piperidine rings is 1. The molecule has 0 radical (unpaired) electrons. The van der Waals surface area contributed by atoms with Crippen LogP contribution in [0.25, 0.3) is 0 Å². The number of likely N-dealkylation sites (tertiary alicyclic amines) is 1. The molecule has 1 amide bonds. The highest BCUT2D eigenvalue weighted by molar-refractivity contribution is 6.42. The summed E-state index contributed by atoms with van der Waals surface area (Å²) < 4.78 is 5.39. The van der Waals surface area contributed by atoms with E-state index in [1.54, 1.807) is 23.1 Å². The normalized spacial score (nSPS) is 16.5. The average Bonchev–Trinajstić information content (AvgIpc) is 2.40. The van der Waals surface area contributed by atoms with Crippen LogP contribution >= 0.6 is 23.2 Å². The number of ether oxygens (including phenoxy) is 1. The van der Waals surface area contributed by atoms with Gasteiger partial charge in [-0.05, 0) is 25.0 Å². The van der Waals surface area contributed by atoms with E-state index in [4.69, 9.17) is 27.9 Å². The van der Waals surface area contributed by atoms with Gasteiger partial charge in [-0.25, -0.2) is 0 Å². The first-order chi connectivity index (χ1) is 9.06. The van der Waals surface area contributed by atoms with Crippen molar-refractivity contribution in [2.75, 3.05) is 19.7 Å². The molecule has 0 spiro atoms. The van der Waals surface area contributed by atoms with Crippen molar-refractivity contribution in [2.24, 2.45) is 0 Å². The van der Waals surface area contributed by atoms with Crippen molar-refractivity contribution in [1.82, 2.24) is 4.90 Å². The minimum absolute atomic E-state index is 0.0337. The molecule has 19 heavy (non-hydrogen) atoms. The van der Waals surface area contributed by atoms with Gasteiger partial charge in [-0.2, -0.15) is 0 Å². The van der Waals surface area contributed by atoms with Crippen LogP contribution in [0, 0.1) is 0 Å². The SMILES string of the molecule is O=C(COc1ccc(Cl)c(Cl)c1)N1CCC(O)CC1. The lowest BCUT2D eigenvalue weighted by Crippen LogP contribution is -2.42. The summed E-state index contributed by atoms with van der Waals surface area (Å²) in [6.45, 7) is 1.11. The fourth-order valence-electron chi connectivity index (χ4n) is 1.92. The minimum Gasteiger partial charge on any atom is -0.484 e. The summed E-state index contributed by atoms with van der Waals surface area (Å²) in [6, 6.07) is 4.87. The summed E-state index contributed by atoms with van der Waals surface area (Å²) in [7, 11) is 0. The van der Waals surface area contributed by atoms with E-state index < -0.39 is 0 Å². The van der Waals surface area contributed by atoms with Crippen LogP contribution in [-0.4, -0.2) is 41.7 Å². The topological polar surface area (TPSA) is 49.8 Å². The molecule has 1 fully saturated rings. The Labute approximate surface area is 121 Å². The van der Waals surface area contributed by atoms with Crippen LogP contribution in [0.2, 0.25) is 10.0 Å². The van der Waals surface area contributed by atoms with E-state index in [9.17, 15) is 9.90 Å². The van der Waals surface area contributed by atoms with Gasteiger partial charge in [0.05, 0.1) is 16.1 Å². The number of aliphatic hydroxyl groups is 1. The maximum absolute atomic E-state index is 11.9. The maximum atomic E-state index is 11.9. The van der Waals surface area contributed by atoms with Crippen molar-refractivity contribution < 1.29 is 14.6 Å². The maximum Gasteiger partial charge on any atom is 0.260 e. The molecule has 1 N–H and O–H groups in total. The Bertz CT molecular complexity index is 459. The molecule has 104 valence electrons. The second-order valence-electron chi connectivity index (χ2n) is 4.48. The highest BCUT2D eigenvalue weighted by Crippen LogP contribution is 2.26. The van der Waals surface area contributed by atoms with Gasteiger partial charge in [0.25, 0.3) is 5.91 Å². The van der Waals surface area contributed by atoms with Crippen molar-refractivity contribution in [3.8, 4) is 5.75 Å². The summed E-state index contributed by atoms with van der Waals surface area (Å²) >= 11 is 11.7. The number of halogens is 2. The van der Waals surface area contributed by atoms with Gasteiger partial charge in [-0.1, -0.05) is 23.2 Å². The summed E-state index contributed by atoms with van der Waals surface area (Å²) in [4.78, 5) is 13.6. The molecular weight excluding hydrogens is 289 g/mol. The molecule has 1 aromatic rings. The van der Waals surface area contributed by atoms with Crippen LogP contribution in [0.15, 0.2) is 18.2 Å². The van der Waals surface area contributed by atoms with Crippen molar-refractivity contribution in [2.45, 2.75) is 18.9 Å². The fraction of sp³-hybridized carbons (Fsp3) is 0.462. The number of amides is 1. The molecule has 0 atom stereocenters. The Morgan fingerprint density at radius 3 is 2.63 bits per heavy atom. The minimum atomic E-state index is -0.292. The van der Waals surface area contributed by atoms with Crippen LogP contribution in [0.4, 0.5) is 0 Å². The predicted molar refractivity (Wildman–Crippen MR) is 73.8 cm³/mol. The van der Waals surface area contributed by atoms with Crippen molar-refractivity contribution in [3.05, 3.63) is 28.2 Å². The van der Waals surface area contributed by atoms with Crippen molar-refractivity contribution >= 4 is 29.1 Å². The number of rotatable bonds is 3. The summed E-state index contributed by atoms with van der Waals surface area (Å²) in [5.41, 5.74) is 0. The third kappa shape index (κ3) is 4.00. The first-order valence-corrected chi connectivity index (χ1v) is 6.85. The molecule has 1 saturated heterocycles. The largest absolute Gasteiger partial charge is 0.484 e. The number of hydrogen-bond acceptors (Lipinski definition) is 3. The molecular formula is C13H15Cl2NO3. The fourth-order valence-corrected chi connectivity index (χ4v) is 2.21. The van der Waals surface area contributed by atoms with Crippen molar-refractivity contribution in [3.63, 3.8) is 0 Å². The van der Waals surface area contributed by atoms with Gasteiger partial charge in [0.15, 0.2) is 6.61 Å². The van der Waals surface area contributed by atoms with Crippen LogP contribution in [0.1, 0.15) is 12.8 Å². The molecule has 6 heteroatoms. The molecule has 0 aliphatic carbocycles. The Balaban J connectivity index is 1.84. The first-order valence-electron chi connectivity index (χ1n) is 6.10. The number of benzene rings is 1. The van der Waals surface area contributed by atoms with E-state index in [1.807, 2.05) is 0 Å². The highest BCUT2D eigenvalue weighted by atomic mass is 35.5. The molecule has 2 rings (SSSR count). The van der Waals surface area contributed by atoms with Gasteiger partial charge in [-0.15, -0.1) is 0 Å². The lowest BCUT2D eigenvalue weighted by molar-refractivity contribution is -0.135. The third-order valence-electron chi connectivity index (χ3n) is 3.07. The quantitative estimate of drug-likeness (QED) is 0.932. The molecule has 4 nitrogen and oxygen atoms in total. The molecule has 1 aliphatic heterocycles. The third-order valence-corrected chi connectivity index (χ3v) is 3.81. The molecule has 1 aliphatic rings. The zero-order chi connectivity index (χ0) is 13.8. The zero-order valence-corrected chi connectivity index (χ0v) is 11.8. The first kappa shape index (κ1) is 14.4. The number of aliphatic hydroxyl groups excluding tert-OH is 1. The number of carbonyl (C=O) groups excluding carboxylic acids is 1. The molecule has 0 bridgehead atoms. The van der Waals surface area contributed by atoms with Crippen molar-refractivity contribution in [1.29, 1.82) is 0 Å². The smallest absolute Gasteiger partial charge is 0.260 e. The zero-order valence-electron chi connectivity index (χ0n) is 10.3. The van der Waals surface area contributed by atoms with E-state index in [2.05, 4.69) is 0 Å². The Hall–Kier alpha value is -0.970. The summed E-state index contributed by atoms with van der Waals surface area (Å²) in [6.07, 6.45) is 0.955. The van der Waals surface area contributed by atoms with Gasteiger partial charge in [-0.3, -0.25) is 4.79 Å². The number of nitrogens with zero attached hydrogens (tertiary/aromatic N) is 1. The van der Waals surface area contributed by atoms with Crippen LogP contribution in [0.3, 0.4) is 0 Å². The Morgan fingerprint density at radius 1 is 1.32 bits per heavy atom. The summed E-state index contributed by atoms with van der Waals surface area (Å²) in [5.74, 6) is 0.428. The predicted octanol–water partition coefficient (Wildman–Crippen LogP) is 2.36. The van der Waals surface area contributed by atoms with Crippen LogP contribution < -0.4 is 4.74 Å². The van der Waals surface area contributed by atoms with Gasteiger partial charge in [0.2, 0.25) is 0 Å². The lowest BCUT2D eigenvalue weighted by atomic mass is 10.1. The molecule has 0 unspecified atom stereocenters. The Kier molecular flexibility index (Phi) is 4.91. The van der Waals surface area contributed by atoms with E-state index >= 15 is 0 Å². The molecule has 0 aromatic heterocycles. The second kappa shape index (κ2) is 6.46. The molecule has 1 heterocycles. The van der Waals surface area contributed by atoms with Gasteiger partial charge >= 0.3 is 0 Å². The van der Waals surface area contributed by atoms with Crippen LogP contribution in [-0.2, 0) is 4.79 Å².